The van der Waals surface area contributed by atoms with Gasteiger partial charge in [-0.05, 0) is 38.3 Å². The number of hydrogen-bond acceptors (Lipinski definition) is 3. The van der Waals surface area contributed by atoms with Gasteiger partial charge in [0, 0.05) is 22.4 Å². The number of hydrogen-bond donors (Lipinski definition) is 1. The van der Waals surface area contributed by atoms with Gasteiger partial charge in [0.15, 0.2) is 0 Å². The third-order valence-electron chi connectivity index (χ3n) is 2.75. The minimum Gasteiger partial charge on any atom is -0.372 e. The maximum Gasteiger partial charge on any atom is 0.0986 e. The van der Waals surface area contributed by atoms with Crippen LogP contribution in [0.2, 0.25) is 0 Å². The largest absolute Gasteiger partial charge is 0.372 e. The van der Waals surface area contributed by atoms with Crippen molar-refractivity contribution in [3.8, 4) is 0 Å². The summed E-state index contributed by atoms with van der Waals surface area (Å²) < 4.78 is 5.75. The highest BCUT2D eigenvalue weighted by Crippen LogP contribution is 2.33. The van der Waals surface area contributed by atoms with Gasteiger partial charge in [0.2, 0.25) is 0 Å². The fourth-order valence-corrected chi connectivity index (χ4v) is 3.02. The molecule has 14 heavy (non-hydrogen) atoms. The molecule has 1 aliphatic heterocycles. The molecule has 2 atom stereocenters. The molecule has 0 bridgehead atoms. The summed E-state index contributed by atoms with van der Waals surface area (Å²) in [5, 5.41) is 0. The maximum atomic E-state index is 6.07. The standard InChI is InChI=1S/C11H17NOS/c1-7-6-9(8(2)14-7)11-10(12)4-3-5-13-11/h6,10-11H,3-5,12H2,1-2H3. The third-order valence-corrected chi connectivity index (χ3v) is 3.74. The number of ether oxygens (including phenoxy) is 1. The van der Waals surface area contributed by atoms with Crippen molar-refractivity contribution >= 4 is 11.3 Å². The Balaban J connectivity index is 2.24. The topological polar surface area (TPSA) is 35.2 Å². The second-order valence-corrected chi connectivity index (χ2v) is 5.43. The van der Waals surface area contributed by atoms with E-state index in [1.54, 1.807) is 0 Å². The van der Waals surface area contributed by atoms with Gasteiger partial charge in [-0.15, -0.1) is 11.3 Å². The van der Waals surface area contributed by atoms with E-state index in [0.717, 1.165) is 19.4 Å². The summed E-state index contributed by atoms with van der Waals surface area (Å²) in [7, 11) is 0. The summed E-state index contributed by atoms with van der Waals surface area (Å²) in [5.41, 5.74) is 7.37. The number of thiophene rings is 1. The van der Waals surface area contributed by atoms with Gasteiger partial charge in [0.1, 0.15) is 0 Å². The first-order valence-electron chi connectivity index (χ1n) is 5.12. The normalized spacial score (nSPS) is 27.9. The smallest absolute Gasteiger partial charge is 0.0986 e. The van der Waals surface area contributed by atoms with Gasteiger partial charge >= 0.3 is 0 Å². The highest BCUT2D eigenvalue weighted by atomic mass is 32.1. The van der Waals surface area contributed by atoms with E-state index < -0.39 is 0 Å². The van der Waals surface area contributed by atoms with Crippen LogP contribution in [0.25, 0.3) is 0 Å². The summed E-state index contributed by atoms with van der Waals surface area (Å²) >= 11 is 1.83. The van der Waals surface area contributed by atoms with Crippen LogP contribution in [0.3, 0.4) is 0 Å². The van der Waals surface area contributed by atoms with Crippen molar-refractivity contribution in [2.75, 3.05) is 6.61 Å². The summed E-state index contributed by atoms with van der Waals surface area (Å²) in [6, 6.07) is 2.40. The lowest BCUT2D eigenvalue weighted by molar-refractivity contribution is 0.0000568. The molecule has 0 amide bonds. The van der Waals surface area contributed by atoms with Crippen LogP contribution >= 0.6 is 11.3 Å². The van der Waals surface area contributed by atoms with E-state index in [0.29, 0.717) is 0 Å². The number of rotatable bonds is 1. The minimum atomic E-state index is 0.133. The average molecular weight is 211 g/mol. The summed E-state index contributed by atoms with van der Waals surface area (Å²) in [6.07, 6.45) is 2.31. The molecule has 0 aromatic carbocycles. The average Bonchev–Trinajstić information content (AvgIpc) is 2.46. The Morgan fingerprint density at radius 2 is 2.29 bits per heavy atom. The van der Waals surface area contributed by atoms with Crippen LogP contribution in [0.5, 0.6) is 0 Å². The first kappa shape index (κ1) is 10.1. The maximum absolute atomic E-state index is 6.07. The molecule has 2 rings (SSSR count). The first-order valence-corrected chi connectivity index (χ1v) is 5.94. The molecule has 2 N–H and O–H groups in total. The highest BCUT2D eigenvalue weighted by molar-refractivity contribution is 7.12. The van der Waals surface area contributed by atoms with Gasteiger partial charge in [-0.3, -0.25) is 0 Å². The highest BCUT2D eigenvalue weighted by Gasteiger charge is 2.26. The van der Waals surface area contributed by atoms with Gasteiger partial charge < -0.3 is 10.5 Å². The van der Waals surface area contributed by atoms with Crippen molar-refractivity contribution in [1.82, 2.24) is 0 Å². The van der Waals surface area contributed by atoms with Crippen molar-refractivity contribution in [2.45, 2.75) is 38.8 Å². The molecular weight excluding hydrogens is 194 g/mol. The molecule has 0 aliphatic carbocycles. The van der Waals surface area contributed by atoms with Crippen LogP contribution in [0, 0.1) is 13.8 Å². The second-order valence-electron chi connectivity index (χ2n) is 3.97. The van der Waals surface area contributed by atoms with E-state index in [4.69, 9.17) is 10.5 Å². The number of nitrogens with two attached hydrogens (primary N) is 1. The molecule has 78 valence electrons. The van der Waals surface area contributed by atoms with Crippen molar-refractivity contribution < 1.29 is 4.74 Å². The fraction of sp³-hybridized carbons (Fsp3) is 0.636. The summed E-state index contributed by atoms with van der Waals surface area (Å²) in [4.78, 5) is 2.70. The fourth-order valence-electron chi connectivity index (χ4n) is 2.06. The molecule has 0 spiro atoms. The number of aryl methyl sites for hydroxylation is 2. The molecule has 1 aromatic rings. The van der Waals surface area contributed by atoms with Crippen LogP contribution < -0.4 is 5.73 Å². The Labute approximate surface area is 89.1 Å². The van der Waals surface area contributed by atoms with E-state index in [-0.39, 0.29) is 12.1 Å². The van der Waals surface area contributed by atoms with Crippen molar-refractivity contribution in [1.29, 1.82) is 0 Å². The van der Waals surface area contributed by atoms with E-state index in [9.17, 15) is 0 Å². The predicted octanol–water partition coefficient (Wildman–Crippen LogP) is 2.54. The quantitative estimate of drug-likeness (QED) is 0.774. The third kappa shape index (κ3) is 1.85. The van der Waals surface area contributed by atoms with Gasteiger partial charge in [-0.2, -0.15) is 0 Å². The Hall–Kier alpha value is -0.380. The Kier molecular flexibility index (Phi) is 2.91. The van der Waals surface area contributed by atoms with E-state index in [1.165, 1.54) is 15.3 Å². The van der Waals surface area contributed by atoms with Crippen molar-refractivity contribution in [3.63, 3.8) is 0 Å². The summed E-state index contributed by atoms with van der Waals surface area (Å²) in [5.74, 6) is 0. The molecule has 0 radical (unpaired) electrons. The molecular formula is C11H17NOS. The lowest BCUT2D eigenvalue weighted by Crippen LogP contribution is -2.34. The Bertz CT molecular complexity index is 321. The predicted molar refractivity (Wildman–Crippen MR) is 59.7 cm³/mol. The van der Waals surface area contributed by atoms with Crippen LogP contribution in [0.15, 0.2) is 6.07 Å². The lowest BCUT2D eigenvalue weighted by atomic mass is 9.97. The second kappa shape index (κ2) is 4.01. The van der Waals surface area contributed by atoms with Gasteiger partial charge in [-0.25, -0.2) is 0 Å². The lowest BCUT2D eigenvalue weighted by Gasteiger charge is -2.29. The molecule has 1 aliphatic rings. The van der Waals surface area contributed by atoms with Crippen LogP contribution in [-0.4, -0.2) is 12.6 Å². The molecule has 1 saturated heterocycles. The van der Waals surface area contributed by atoms with Crippen LogP contribution in [0.4, 0.5) is 0 Å². The van der Waals surface area contributed by atoms with Crippen molar-refractivity contribution in [2.24, 2.45) is 5.73 Å². The van der Waals surface area contributed by atoms with Gasteiger partial charge in [0.05, 0.1) is 6.10 Å². The Morgan fingerprint density at radius 3 is 2.86 bits per heavy atom. The van der Waals surface area contributed by atoms with E-state index >= 15 is 0 Å². The molecule has 1 fully saturated rings. The molecule has 2 unspecified atom stereocenters. The van der Waals surface area contributed by atoms with E-state index in [1.807, 2.05) is 11.3 Å². The van der Waals surface area contributed by atoms with Crippen LogP contribution in [-0.2, 0) is 4.74 Å². The molecule has 1 aromatic heterocycles. The summed E-state index contributed by atoms with van der Waals surface area (Å²) in [6.45, 7) is 5.14. The molecule has 3 heteroatoms. The molecule has 2 nitrogen and oxygen atoms in total. The zero-order valence-corrected chi connectivity index (χ0v) is 9.56. The Morgan fingerprint density at radius 1 is 1.50 bits per heavy atom. The van der Waals surface area contributed by atoms with Crippen LogP contribution in [0.1, 0.15) is 34.3 Å². The SMILES string of the molecule is Cc1cc(C2OCCCC2N)c(C)s1. The zero-order valence-electron chi connectivity index (χ0n) is 8.75. The minimum absolute atomic E-state index is 0.133. The molecule has 2 heterocycles. The zero-order chi connectivity index (χ0) is 10.1. The first-order chi connectivity index (χ1) is 6.68. The van der Waals surface area contributed by atoms with Crippen molar-refractivity contribution in [3.05, 3.63) is 21.4 Å². The molecule has 0 saturated carbocycles. The van der Waals surface area contributed by atoms with E-state index in [2.05, 4.69) is 19.9 Å². The van der Waals surface area contributed by atoms with Gasteiger partial charge in [-0.1, -0.05) is 0 Å². The monoisotopic (exact) mass is 211 g/mol. The van der Waals surface area contributed by atoms with Gasteiger partial charge in [0.25, 0.3) is 0 Å².